The van der Waals surface area contributed by atoms with E-state index in [1.165, 1.54) is 32.1 Å². The lowest BCUT2D eigenvalue weighted by molar-refractivity contribution is 0.288. The van der Waals surface area contributed by atoms with Gasteiger partial charge < -0.3 is 5.32 Å². The number of nitrogens with zero attached hydrogens (tertiary/aromatic N) is 1. The van der Waals surface area contributed by atoms with Crippen LogP contribution in [-0.2, 0) is 0 Å². The van der Waals surface area contributed by atoms with Crippen molar-refractivity contribution >= 4 is 5.96 Å². The zero-order valence-electron chi connectivity index (χ0n) is 9.27. The summed E-state index contributed by atoms with van der Waals surface area (Å²) >= 11 is 0. The lowest BCUT2D eigenvalue weighted by Crippen LogP contribution is -2.53. The second-order valence-corrected chi connectivity index (χ2v) is 4.21. The monoisotopic (exact) mass is 198 g/mol. The zero-order chi connectivity index (χ0) is 10.4. The van der Waals surface area contributed by atoms with Gasteiger partial charge in [0.05, 0.1) is 0 Å². The van der Waals surface area contributed by atoms with E-state index in [0.717, 1.165) is 12.5 Å². The van der Waals surface area contributed by atoms with Gasteiger partial charge in [0.25, 0.3) is 0 Å². The van der Waals surface area contributed by atoms with Crippen molar-refractivity contribution < 1.29 is 0 Å². The Hall–Kier alpha value is -0.770. The molecule has 4 N–H and O–H groups in total. The highest BCUT2D eigenvalue weighted by Gasteiger charge is 2.27. The van der Waals surface area contributed by atoms with E-state index in [-0.39, 0.29) is 5.54 Å². The molecule has 1 fully saturated rings. The zero-order valence-corrected chi connectivity index (χ0v) is 9.27. The Balaban J connectivity index is 2.50. The molecular weight excluding hydrogens is 176 g/mol. The molecule has 0 heterocycles. The van der Waals surface area contributed by atoms with E-state index >= 15 is 0 Å². The van der Waals surface area contributed by atoms with Crippen LogP contribution in [0.2, 0.25) is 0 Å². The minimum atomic E-state index is 0.179. The maximum Gasteiger partial charge on any atom is 0.206 e. The van der Waals surface area contributed by atoms with Crippen molar-refractivity contribution in [3.8, 4) is 0 Å². The highest BCUT2D eigenvalue weighted by atomic mass is 15.3. The molecule has 1 saturated carbocycles. The molecule has 0 radical (unpaired) electrons. The summed E-state index contributed by atoms with van der Waals surface area (Å²) in [5.74, 6) is 6.11. The maximum absolute atomic E-state index is 5.39. The quantitative estimate of drug-likeness (QED) is 0.270. The number of rotatable bonds is 2. The molecule has 1 rings (SSSR count). The van der Waals surface area contributed by atoms with Crippen LogP contribution in [0.4, 0.5) is 0 Å². The van der Waals surface area contributed by atoms with Crippen LogP contribution in [0.25, 0.3) is 0 Å². The number of nitrogens with one attached hydrogen (secondary N) is 2. The normalized spacial score (nSPS) is 21.8. The van der Waals surface area contributed by atoms with Gasteiger partial charge in [-0.05, 0) is 26.7 Å². The number of hydrazine groups is 1. The summed E-state index contributed by atoms with van der Waals surface area (Å²) in [4.78, 5) is 4.25. The van der Waals surface area contributed by atoms with E-state index in [0.29, 0.717) is 0 Å². The molecule has 0 aliphatic heterocycles. The number of hydrogen-bond donors (Lipinski definition) is 3. The first-order valence-corrected chi connectivity index (χ1v) is 5.49. The van der Waals surface area contributed by atoms with Gasteiger partial charge in [-0.1, -0.05) is 19.3 Å². The molecule has 0 aromatic heterocycles. The fourth-order valence-electron chi connectivity index (χ4n) is 2.02. The molecule has 0 bridgehead atoms. The van der Waals surface area contributed by atoms with E-state index < -0.39 is 0 Å². The van der Waals surface area contributed by atoms with Crippen LogP contribution in [0, 0.1) is 0 Å². The van der Waals surface area contributed by atoms with E-state index in [1.807, 2.05) is 6.92 Å². The van der Waals surface area contributed by atoms with E-state index in [2.05, 4.69) is 22.7 Å². The molecule has 0 amide bonds. The Morgan fingerprint density at radius 1 is 1.36 bits per heavy atom. The minimum Gasteiger partial charge on any atom is -0.350 e. The summed E-state index contributed by atoms with van der Waals surface area (Å²) in [6.07, 6.45) is 6.36. The van der Waals surface area contributed by atoms with Crippen molar-refractivity contribution in [1.82, 2.24) is 10.7 Å². The van der Waals surface area contributed by atoms with Gasteiger partial charge in [-0.3, -0.25) is 10.4 Å². The fourth-order valence-corrected chi connectivity index (χ4v) is 2.02. The summed E-state index contributed by atoms with van der Waals surface area (Å²) in [6.45, 7) is 5.00. The molecule has 14 heavy (non-hydrogen) atoms. The van der Waals surface area contributed by atoms with Gasteiger partial charge in [-0.15, -0.1) is 0 Å². The van der Waals surface area contributed by atoms with E-state index in [4.69, 9.17) is 5.84 Å². The second-order valence-electron chi connectivity index (χ2n) is 4.21. The number of guanidine groups is 1. The molecule has 1 aliphatic rings. The van der Waals surface area contributed by atoms with Gasteiger partial charge in [-0.25, -0.2) is 5.84 Å². The van der Waals surface area contributed by atoms with Crippen molar-refractivity contribution in [3.05, 3.63) is 0 Å². The van der Waals surface area contributed by atoms with E-state index in [1.54, 1.807) is 0 Å². The number of aliphatic imine (C=N–C) groups is 1. The van der Waals surface area contributed by atoms with Crippen molar-refractivity contribution in [3.63, 3.8) is 0 Å². The summed E-state index contributed by atoms with van der Waals surface area (Å²) in [5, 5.41) is 3.40. The topological polar surface area (TPSA) is 62.4 Å². The molecule has 0 spiro atoms. The van der Waals surface area contributed by atoms with Crippen molar-refractivity contribution in [2.45, 2.75) is 51.5 Å². The first-order valence-electron chi connectivity index (χ1n) is 5.49. The SMILES string of the molecule is CCN=C(NN)NC1(C)CCCCC1. The summed E-state index contributed by atoms with van der Waals surface area (Å²) in [5.41, 5.74) is 2.79. The minimum absolute atomic E-state index is 0.179. The molecule has 0 atom stereocenters. The molecule has 4 heteroatoms. The van der Waals surface area contributed by atoms with Crippen LogP contribution < -0.4 is 16.6 Å². The largest absolute Gasteiger partial charge is 0.350 e. The highest BCUT2D eigenvalue weighted by Crippen LogP contribution is 2.27. The van der Waals surface area contributed by atoms with Gasteiger partial charge in [0, 0.05) is 12.1 Å². The lowest BCUT2D eigenvalue weighted by atomic mass is 9.83. The molecule has 0 unspecified atom stereocenters. The maximum atomic E-state index is 5.39. The van der Waals surface area contributed by atoms with Crippen LogP contribution in [-0.4, -0.2) is 18.0 Å². The third-order valence-corrected chi connectivity index (χ3v) is 2.83. The fraction of sp³-hybridized carbons (Fsp3) is 0.900. The van der Waals surface area contributed by atoms with Crippen molar-refractivity contribution in [1.29, 1.82) is 0 Å². The van der Waals surface area contributed by atoms with Gasteiger partial charge in [0.1, 0.15) is 0 Å². The Bertz CT molecular complexity index is 194. The molecule has 82 valence electrons. The molecule has 1 aliphatic carbocycles. The molecule has 0 aromatic carbocycles. The molecular formula is C10H22N4. The Kier molecular flexibility index (Phi) is 4.20. The average Bonchev–Trinajstić information content (AvgIpc) is 2.18. The van der Waals surface area contributed by atoms with Crippen LogP contribution >= 0.6 is 0 Å². The highest BCUT2D eigenvalue weighted by molar-refractivity contribution is 5.79. The van der Waals surface area contributed by atoms with Crippen molar-refractivity contribution in [2.24, 2.45) is 10.8 Å². The standard InChI is InChI=1S/C10H22N4/c1-3-12-9(14-11)13-10(2)7-5-4-6-8-10/h3-8,11H2,1-2H3,(H2,12,13,14). The first kappa shape index (κ1) is 11.3. The smallest absolute Gasteiger partial charge is 0.206 e. The van der Waals surface area contributed by atoms with Crippen molar-refractivity contribution in [2.75, 3.05) is 6.54 Å². The molecule has 4 nitrogen and oxygen atoms in total. The Morgan fingerprint density at radius 3 is 2.50 bits per heavy atom. The molecule has 0 saturated heterocycles. The number of nitrogens with two attached hydrogens (primary N) is 1. The van der Waals surface area contributed by atoms with Gasteiger partial charge in [-0.2, -0.15) is 0 Å². The Morgan fingerprint density at radius 2 is 2.00 bits per heavy atom. The predicted molar refractivity (Wildman–Crippen MR) is 59.9 cm³/mol. The lowest BCUT2D eigenvalue weighted by Gasteiger charge is -2.35. The van der Waals surface area contributed by atoms with Crippen LogP contribution in [0.1, 0.15) is 46.0 Å². The third-order valence-electron chi connectivity index (χ3n) is 2.83. The summed E-state index contributed by atoms with van der Waals surface area (Å²) in [6, 6.07) is 0. The van der Waals surface area contributed by atoms with Gasteiger partial charge in [0.15, 0.2) is 0 Å². The number of hydrogen-bond acceptors (Lipinski definition) is 2. The third kappa shape index (κ3) is 3.18. The summed E-state index contributed by atoms with van der Waals surface area (Å²) in [7, 11) is 0. The summed E-state index contributed by atoms with van der Waals surface area (Å²) < 4.78 is 0. The van der Waals surface area contributed by atoms with Gasteiger partial charge >= 0.3 is 0 Å². The van der Waals surface area contributed by atoms with Crippen LogP contribution in [0.5, 0.6) is 0 Å². The van der Waals surface area contributed by atoms with Crippen LogP contribution in [0.3, 0.4) is 0 Å². The van der Waals surface area contributed by atoms with E-state index in [9.17, 15) is 0 Å². The second kappa shape index (κ2) is 5.20. The first-order chi connectivity index (χ1) is 6.70. The molecule has 0 aromatic rings. The Labute approximate surface area is 86.3 Å². The van der Waals surface area contributed by atoms with Gasteiger partial charge in [0.2, 0.25) is 5.96 Å². The predicted octanol–water partition coefficient (Wildman–Crippen LogP) is 1.14. The van der Waals surface area contributed by atoms with Crippen LogP contribution in [0.15, 0.2) is 4.99 Å². The average molecular weight is 198 g/mol.